The third-order valence-electron chi connectivity index (χ3n) is 2.71. The van der Waals surface area contributed by atoms with Crippen molar-refractivity contribution in [3.05, 3.63) is 0 Å². The maximum absolute atomic E-state index is 11.7. The number of nitrogens with zero attached hydrogens (tertiary/aromatic N) is 1. The molecule has 0 spiro atoms. The van der Waals surface area contributed by atoms with Gasteiger partial charge in [0.25, 0.3) is 0 Å². The summed E-state index contributed by atoms with van der Waals surface area (Å²) in [4.78, 5) is 24.8. The third kappa shape index (κ3) is 6.94. The van der Waals surface area contributed by atoms with Crippen molar-refractivity contribution in [1.29, 1.82) is 0 Å². The van der Waals surface area contributed by atoms with E-state index in [9.17, 15) is 9.59 Å². The third-order valence-corrected chi connectivity index (χ3v) is 2.71. The van der Waals surface area contributed by atoms with Crippen molar-refractivity contribution < 1.29 is 9.59 Å². The number of unbranched alkanes of at least 4 members (excludes halogenated alkanes) is 2. The standard InChI is InChI=1S/C12H25N3O2/c1-4-15(3)12(17)10(2)14-11(16)8-6-5-7-9-13/h10H,4-9,13H2,1-3H3,(H,14,16). The predicted molar refractivity (Wildman–Crippen MR) is 68.4 cm³/mol. The molecule has 0 saturated carbocycles. The highest BCUT2D eigenvalue weighted by atomic mass is 16.2. The highest BCUT2D eigenvalue weighted by Gasteiger charge is 2.17. The molecule has 3 N–H and O–H groups in total. The van der Waals surface area contributed by atoms with E-state index in [-0.39, 0.29) is 11.8 Å². The summed E-state index contributed by atoms with van der Waals surface area (Å²) in [5, 5.41) is 2.71. The Bertz CT molecular complexity index is 244. The Hall–Kier alpha value is -1.10. The van der Waals surface area contributed by atoms with Gasteiger partial charge in [-0.2, -0.15) is 0 Å². The summed E-state index contributed by atoms with van der Waals surface area (Å²) in [5.74, 6) is -0.116. The zero-order chi connectivity index (χ0) is 13.3. The molecule has 0 fully saturated rings. The summed E-state index contributed by atoms with van der Waals surface area (Å²) in [7, 11) is 1.73. The molecule has 0 radical (unpaired) electrons. The van der Waals surface area contributed by atoms with Crippen molar-refractivity contribution >= 4 is 11.8 Å². The largest absolute Gasteiger partial charge is 0.345 e. The molecule has 0 aromatic carbocycles. The van der Waals surface area contributed by atoms with E-state index in [1.165, 1.54) is 0 Å². The lowest BCUT2D eigenvalue weighted by Gasteiger charge is -2.20. The van der Waals surface area contributed by atoms with Gasteiger partial charge in [-0.15, -0.1) is 0 Å². The fourth-order valence-corrected chi connectivity index (χ4v) is 1.47. The van der Waals surface area contributed by atoms with E-state index in [1.807, 2.05) is 6.92 Å². The summed E-state index contributed by atoms with van der Waals surface area (Å²) < 4.78 is 0. The van der Waals surface area contributed by atoms with Crippen molar-refractivity contribution in [3.63, 3.8) is 0 Å². The molecule has 17 heavy (non-hydrogen) atoms. The van der Waals surface area contributed by atoms with Gasteiger partial charge in [0, 0.05) is 20.0 Å². The van der Waals surface area contributed by atoms with Crippen LogP contribution in [0.15, 0.2) is 0 Å². The van der Waals surface area contributed by atoms with Crippen molar-refractivity contribution in [3.8, 4) is 0 Å². The Labute approximate surface area is 104 Å². The first-order valence-corrected chi connectivity index (χ1v) is 6.27. The van der Waals surface area contributed by atoms with E-state index in [2.05, 4.69) is 5.32 Å². The van der Waals surface area contributed by atoms with Crippen LogP contribution in [0.1, 0.15) is 39.5 Å². The minimum Gasteiger partial charge on any atom is -0.345 e. The first-order valence-electron chi connectivity index (χ1n) is 6.27. The zero-order valence-corrected chi connectivity index (χ0v) is 11.2. The number of rotatable bonds is 8. The molecule has 0 bridgehead atoms. The molecule has 0 aliphatic heterocycles. The minimum atomic E-state index is -0.443. The molecule has 5 nitrogen and oxygen atoms in total. The smallest absolute Gasteiger partial charge is 0.244 e. The number of likely N-dealkylation sites (N-methyl/N-ethyl adjacent to an activating group) is 1. The minimum absolute atomic E-state index is 0.0530. The molecule has 100 valence electrons. The van der Waals surface area contributed by atoms with Crippen LogP contribution < -0.4 is 11.1 Å². The highest BCUT2D eigenvalue weighted by Crippen LogP contribution is 1.99. The van der Waals surface area contributed by atoms with Crippen LogP contribution in [-0.4, -0.2) is 42.9 Å². The molecule has 0 aromatic heterocycles. The SMILES string of the molecule is CCN(C)C(=O)C(C)NC(=O)CCCCCN. The molecule has 2 amide bonds. The van der Waals surface area contributed by atoms with E-state index < -0.39 is 6.04 Å². The summed E-state index contributed by atoms with van der Waals surface area (Å²) in [5.41, 5.74) is 5.36. The van der Waals surface area contributed by atoms with Crippen molar-refractivity contribution in [2.45, 2.75) is 45.6 Å². The number of carbonyl (C=O) groups excluding carboxylic acids is 2. The van der Waals surface area contributed by atoms with Crippen molar-refractivity contribution in [2.75, 3.05) is 20.1 Å². The van der Waals surface area contributed by atoms with Gasteiger partial charge in [-0.05, 0) is 33.2 Å². The monoisotopic (exact) mass is 243 g/mol. The van der Waals surface area contributed by atoms with Crippen LogP contribution in [0.25, 0.3) is 0 Å². The Morgan fingerprint density at radius 2 is 1.94 bits per heavy atom. The van der Waals surface area contributed by atoms with Gasteiger partial charge in [-0.1, -0.05) is 6.42 Å². The molecule has 0 aliphatic rings. The van der Waals surface area contributed by atoms with E-state index in [4.69, 9.17) is 5.73 Å². The van der Waals surface area contributed by atoms with Gasteiger partial charge in [-0.25, -0.2) is 0 Å². The quantitative estimate of drug-likeness (QED) is 0.609. The molecule has 0 aliphatic carbocycles. The van der Waals surface area contributed by atoms with Gasteiger partial charge >= 0.3 is 0 Å². The van der Waals surface area contributed by atoms with Crippen LogP contribution in [0, 0.1) is 0 Å². The summed E-state index contributed by atoms with van der Waals surface area (Å²) in [6, 6.07) is -0.443. The average Bonchev–Trinajstić information content (AvgIpc) is 2.32. The number of hydrogen-bond acceptors (Lipinski definition) is 3. The second-order valence-electron chi connectivity index (χ2n) is 4.24. The number of carbonyl (C=O) groups is 2. The topological polar surface area (TPSA) is 75.4 Å². The van der Waals surface area contributed by atoms with E-state index in [1.54, 1.807) is 18.9 Å². The van der Waals surface area contributed by atoms with Gasteiger partial charge in [0.1, 0.15) is 6.04 Å². The number of nitrogens with two attached hydrogens (primary N) is 1. The van der Waals surface area contributed by atoms with Crippen LogP contribution in [0.2, 0.25) is 0 Å². The van der Waals surface area contributed by atoms with E-state index in [0.717, 1.165) is 19.3 Å². The lowest BCUT2D eigenvalue weighted by atomic mass is 10.2. The fourth-order valence-electron chi connectivity index (χ4n) is 1.47. The average molecular weight is 243 g/mol. The van der Waals surface area contributed by atoms with E-state index in [0.29, 0.717) is 19.5 Å². The molecule has 0 rings (SSSR count). The van der Waals surface area contributed by atoms with Crippen LogP contribution in [0.3, 0.4) is 0 Å². The summed E-state index contributed by atoms with van der Waals surface area (Å²) in [6.45, 7) is 4.93. The Kier molecular flexibility index (Phi) is 8.40. The summed E-state index contributed by atoms with van der Waals surface area (Å²) >= 11 is 0. The molecule has 0 saturated heterocycles. The van der Waals surface area contributed by atoms with Gasteiger partial charge in [0.2, 0.25) is 11.8 Å². The zero-order valence-electron chi connectivity index (χ0n) is 11.2. The van der Waals surface area contributed by atoms with E-state index >= 15 is 0 Å². The summed E-state index contributed by atoms with van der Waals surface area (Å²) in [6.07, 6.45) is 3.20. The predicted octanol–water partition coefficient (Wildman–Crippen LogP) is 0.489. The number of amides is 2. The number of nitrogens with one attached hydrogen (secondary N) is 1. The molecule has 5 heteroatoms. The Balaban J connectivity index is 3.83. The van der Waals surface area contributed by atoms with Crippen LogP contribution in [-0.2, 0) is 9.59 Å². The normalized spacial score (nSPS) is 12.0. The van der Waals surface area contributed by atoms with Crippen LogP contribution in [0.5, 0.6) is 0 Å². The maximum Gasteiger partial charge on any atom is 0.244 e. The molecular formula is C12H25N3O2. The van der Waals surface area contributed by atoms with Gasteiger partial charge in [0.15, 0.2) is 0 Å². The first kappa shape index (κ1) is 15.9. The Morgan fingerprint density at radius 3 is 2.47 bits per heavy atom. The molecular weight excluding hydrogens is 218 g/mol. The first-order chi connectivity index (χ1) is 8.02. The highest BCUT2D eigenvalue weighted by molar-refractivity contribution is 5.87. The van der Waals surface area contributed by atoms with Gasteiger partial charge in [-0.3, -0.25) is 9.59 Å². The maximum atomic E-state index is 11.7. The fraction of sp³-hybridized carbons (Fsp3) is 0.833. The molecule has 0 heterocycles. The van der Waals surface area contributed by atoms with Crippen LogP contribution in [0.4, 0.5) is 0 Å². The van der Waals surface area contributed by atoms with Crippen molar-refractivity contribution in [1.82, 2.24) is 10.2 Å². The second kappa shape index (κ2) is 8.98. The Morgan fingerprint density at radius 1 is 1.29 bits per heavy atom. The number of hydrogen-bond donors (Lipinski definition) is 2. The second-order valence-corrected chi connectivity index (χ2v) is 4.24. The lowest BCUT2D eigenvalue weighted by molar-refractivity contribution is -0.134. The van der Waals surface area contributed by atoms with Crippen LogP contribution >= 0.6 is 0 Å². The molecule has 0 aromatic rings. The molecule has 1 atom stereocenters. The van der Waals surface area contributed by atoms with Gasteiger partial charge in [0.05, 0.1) is 0 Å². The van der Waals surface area contributed by atoms with Gasteiger partial charge < -0.3 is 16.0 Å². The molecule has 1 unspecified atom stereocenters. The van der Waals surface area contributed by atoms with Crippen molar-refractivity contribution in [2.24, 2.45) is 5.73 Å². The lowest BCUT2D eigenvalue weighted by Crippen LogP contribution is -2.45.